The molecule has 2 rings (SSSR count). The van der Waals surface area contributed by atoms with Gasteiger partial charge in [-0.2, -0.15) is 0 Å². The topological polar surface area (TPSA) is 79.7 Å². The molecule has 0 aliphatic carbocycles. The predicted molar refractivity (Wildman–Crippen MR) is 88.3 cm³/mol. The van der Waals surface area contributed by atoms with Crippen LogP contribution in [0, 0.1) is 0 Å². The molecular formula is C17H24N2O3. The van der Waals surface area contributed by atoms with Crippen molar-refractivity contribution in [2.24, 2.45) is 11.5 Å². The van der Waals surface area contributed by atoms with E-state index in [0.29, 0.717) is 30.3 Å². The number of hydrogen-bond donors (Lipinski definition) is 2. The highest BCUT2D eigenvalue weighted by atomic mass is 16.5. The minimum Gasteiger partial charge on any atom is -0.493 e. The summed E-state index contributed by atoms with van der Waals surface area (Å²) in [5.41, 5.74) is 13.0. The Balaban J connectivity index is 0.000000255. The Morgan fingerprint density at radius 3 is 1.55 bits per heavy atom. The van der Waals surface area contributed by atoms with E-state index in [1.165, 1.54) is 5.56 Å². The average Bonchev–Trinajstić information content (AvgIpc) is 2.61. The fourth-order valence-corrected chi connectivity index (χ4v) is 1.87. The van der Waals surface area contributed by atoms with Crippen molar-refractivity contribution >= 4 is 0 Å². The Morgan fingerprint density at radius 1 is 0.727 bits per heavy atom. The molecule has 22 heavy (non-hydrogen) atoms. The minimum atomic E-state index is 0.441. The van der Waals surface area contributed by atoms with Gasteiger partial charge in [-0.3, -0.25) is 0 Å². The summed E-state index contributed by atoms with van der Waals surface area (Å²) < 4.78 is 15.5. The third-order valence-corrected chi connectivity index (χ3v) is 3.04. The molecule has 0 atom stereocenters. The van der Waals surface area contributed by atoms with Crippen molar-refractivity contribution < 1.29 is 14.2 Å². The van der Waals surface area contributed by atoms with Gasteiger partial charge in [0.15, 0.2) is 11.5 Å². The number of rotatable bonds is 5. The lowest BCUT2D eigenvalue weighted by Gasteiger charge is -2.13. The van der Waals surface area contributed by atoms with Gasteiger partial charge >= 0.3 is 0 Å². The summed E-state index contributed by atoms with van der Waals surface area (Å²) in [4.78, 5) is 0. The van der Waals surface area contributed by atoms with Crippen LogP contribution in [0.4, 0.5) is 0 Å². The quantitative estimate of drug-likeness (QED) is 0.886. The van der Waals surface area contributed by atoms with Gasteiger partial charge in [-0.25, -0.2) is 0 Å². The normalized spacial score (nSPS) is 9.50. The number of hydrogen-bond acceptors (Lipinski definition) is 5. The second-order valence-electron chi connectivity index (χ2n) is 4.43. The lowest BCUT2D eigenvalue weighted by Crippen LogP contribution is -2.00. The largest absolute Gasteiger partial charge is 0.493 e. The van der Waals surface area contributed by atoms with Crippen LogP contribution in [0.15, 0.2) is 42.5 Å². The van der Waals surface area contributed by atoms with E-state index in [4.69, 9.17) is 25.7 Å². The first-order valence-corrected chi connectivity index (χ1v) is 6.93. The monoisotopic (exact) mass is 304 g/mol. The Labute approximate surface area is 131 Å². The Kier molecular flexibility index (Phi) is 7.81. The summed E-state index contributed by atoms with van der Waals surface area (Å²) in [5.74, 6) is 1.85. The van der Waals surface area contributed by atoms with Crippen LogP contribution in [0.2, 0.25) is 0 Å². The highest BCUT2D eigenvalue weighted by molar-refractivity contribution is 5.53. The van der Waals surface area contributed by atoms with Crippen molar-refractivity contribution in [3.63, 3.8) is 0 Å². The maximum atomic E-state index is 5.54. The molecule has 0 radical (unpaired) electrons. The minimum absolute atomic E-state index is 0.441. The SMILES string of the molecule is COc1cc(CN)cc(OC)c1OC.NCc1ccccc1. The molecule has 0 fully saturated rings. The number of methoxy groups -OCH3 is 3. The van der Waals surface area contributed by atoms with Crippen molar-refractivity contribution in [1.29, 1.82) is 0 Å². The molecule has 0 unspecified atom stereocenters. The van der Waals surface area contributed by atoms with E-state index in [1.54, 1.807) is 21.3 Å². The third kappa shape index (κ3) is 4.95. The molecule has 2 aromatic rings. The van der Waals surface area contributed by atoms with Crippen molar-refractivity contribution in [3.05, 3.63) is 53.6 Å². The van der Waals surface area contributed by atoms with Crippen LogP contribution in [0.25, 0.3) is 0 Å². The van der Waals surface area contributed by atoms with E-state index in [2.05, 4.69) is 0 Å². The maximum Gasteiger partial charge on any atom is 0.203 e. The van der Waals surface area contributed by atoms with Gasteiger partial charge in [-0.1, -0.05) is 30.3 Å². The van der Waals surface area contributed by atoms with Gasteiger partial charge in [0, 0.05) is 13.1 Å². The molecule has 0 saturated heterocycles. The molecule has 0 saturated carbocycles. The zero-order valence-corrected chi connectivity index (χ0v) is 13.3. The van der Waals surface area contributed by atoms with Gasteiger partial charge < -0.3 is 25.7 Å². The van der Waals surface area contributed by atoms with Crippen LogP contribution in [-0.4, -0.2) is 21.3 Å². The van der Waals surface area contributed by atoms with Gasteiger partial charge in [-0.05, 0) is 23.3 Å². The van der Waals surface area contributed by atoms with Crippen LogP contribution < -0.4 is 25.7 Å². The second kappa shape index (κ2) is 9.65. The number of nitrogens with two attached hydrogens (primary N) is 2. The van der Waals surface area contributed by atoms with Gasteiger partial charge in [0.1, 0.15) is 0 Å². The first-order chi connectivity index (χ1) is 10.7. The predicted octanol–water partition coefficient (Wildman–Crippen LogP) is 2.32. The van der Waals surface area contributed by atoms with Crippen molar-refractivity contribution in [1.82, 2.24) is 0 Å². The summed E-state index contributed by atoms with van der Waals surface area (Å²) in [6, 6.07) is 13.7. The summed E-state index contributed by atoms with van der Waals surface area (Å²) in [7, 11) is 4.73. The fourth-order valence-electron chi connectivity index (χ4n) is 1.87. The Bertz CT molecular complexity index is 534. The van der Waals surface area contributed by atoms with Crippen LogP contribution in [0.3, 0.4) is 0 Å². The molecule has 120 valence electrons. The van der Waals surface area contributed by atoms with Gasteiger partial charge in [0.05, 0.1) is 21.3 Å². The number of benzene rings is 2. The third-order valence-electron chi connectivity index (χ3n) is 3.04. The Morgan fingerprint density at radius 2 is 1.23 bits per heavy atom. The molecule has 5 nitrogen and oxygen atoms in total. The molecule has 0 bridgehead atoms. The molecule has 0 amide bonds. The molecule has 2 aromatic carbocycles. The average molecular weight is 304 g/mol. The highest BCUT2D eigenvalue weighted by Gasteiger charge is 2.11. The zero-order chi connectivity index (χ0) is 16.4. The highest BCUT2D eigenvalue weighted by Crippen LogP contribution is 2.37. The van der Waals surface area contributed by atoms with Crippen LogP contribution in [-0.2, 0) is 13.1 Å². The summed E-state index contributed by atoms with van der Waals surface area (Å²) in [6.07, 6.45) is 0. The zero-order valence-electron chi connectivity index (χ0n) is 13.3. The molecule has 0 aromatic heterocycles. The first kappa shape index (κ1) is 17.8. The van der Waals surface area contributed by atoms with Crippen molar-refractivity contribution in [3.8, 4) is 17.2 Å². The summed E-state index contributed by atoms with van der Waals surface area (Å²) >= 11 is 0. The van der Waals surface area contributed by atoms with E-state index in [0.717, 1.165) is 5.56 Å². The fraction of sp³-hybridized carbons (Fsp3) is 0.294. The Hall–Kier alpha value is -2.24. The lowest BCUT2D eigenvalue weighted by molar-refractivity contribution is 0.324. The molecule has 0 spiro atoms. The molecule has 5 heteroatoms. The van der Waals surface area contributed by atoms with Gasteiger partial charge in [0.2, 0.25) is 5.75 Å². The summed E-state index contributed by atoms with van der Waals surface area (Å²) in [6.45, 7) is 1.08. The molecule has 0 aliphatic heterocycles. The standard InChI is InChI=1S/C10H15NO3.C7H9N/c1-12-8-4-7(6-11)5-9(13-2)10(8)14-3;8-6-7-4-2-1-3-5-7/h4-5H,6,11H2,1-3H3;1-5H,6,8H2. The van der Waals surface area contributed by atoms with Gasteiger partial charge in [-0.15, -0.1) is 0 Å². The smallest absolute Gasteiger partial charge is 0.203 e. The van der Waals surface area contributed by atoms with E-state index in [-0.39, 0.29) is 0 Å². The van der Waals surface area contributed by atoms with E-state index in [9.17, 15) is 0 Å². The van der Waals surface area contributed by atoms with Gasteiger partial charge in [0.25, 0.3) is 0 Å². The van der Waals surface area contributed by atoms with Crippen molar-refractivity contribution in [2.45, 2.75) is 13.1 Å². The van der Waals surface area contributed by atoms with Crippen molar-refractivity contribution in [2.75, 3.05) is 21.3 Å². The molecular weight excluding hydrogens is 280 g/mol. The summed E-state index contributed by atoms with van der Waals surface area (Å²) in [5, 5.41) is 0. The van der Waals surface area contributed by atoms with Crippen LogP contribution >= 0.6 is 0 Å². The second-order valence-corrected chi connectivity index (χ2v) is 4.43. The van der Waals surface area contributed by atoms with Crippen LogP contribution in [0.5, 0.6) is 17.2 Å². The maximum absolute atomic E-state index is 5.54. The first-order valence-electron chi connectivity index (χ1n) is 6.93. The number of ether oxygens (including phenoxy) is 3. The van der Waals surface area contributed by atoms with E-state index in [1.807, 2.05) is 42.5 Å². The molecule has 0 aliphatic rings. The van der Waals surface area contributed by atoms with E-state index < -0.39 is 0 Å². The lowest BCUT2D eigenvalue weighted by atomic mass is 10.2. The molecule has 4 N–H and O–H groups in total. The van der Waals surface area contributed by atoms with Crippen LogP contribution in [0.1, 0.15) is 11.1 Å². The van der Waals surface area contributed by atoms with E-state index >= 15 is 0 Å². The molecule has 0 heterocycles.